The van der Waals surface area contributed by atoms with Gasteiger partial charge in [0.25, 0.3) is 0 Å². The van der Waals surface area contributed by atoms with Crippen LogP contribution in [0.25, 0.3) is 44.6 Å². The molecule has 21 heteroatoms. The number of rotatable bonds is 10. The Balaban J connectivity index is 0.000000213. The van der Waals surface area contributed by atoms with Gasteiger partial charge in [0.1, 0.15) is 30.2 Å². The van der Waals surface area contributed by atoms with Crippen LogP contribution in [0.2, 0.25) is 0 Å². The van der Waals surface area contributed by atoms with Crippen molar-refractivity contribution >= 4 is 45.8 Å². The molecule has 1 atom stereocenters. The minimum atomic E-state index is -0.547. The van der Waals surface area contributed by atoms with Crippen LogP contribution in [0.4, 0.5) is 0 Å². The molecule has 7 heterocycles. The first kappa shape index (κ1) is 45.7. The van der Waals surface area contributed by atoms with Crippen LogP contribution < -0.4 is 0 Å². The third-order valence-corrected chi connectivity index (χ3v) is 8.41. The predicted octanol–water partition coefficient (Wildman–Crippen LogP) is 8.10. The van der Waals surface area contributed by atoms with Gasteiger partial charge in [-0.05, 0) is 90.8 Å². The summed E-state index contributed by atoms with van der Waals surface area (Å²) in [5.74, 6) is -0.511. The number of nitrogens with one attached hydrogen (secondary N) is 2. The van der Waals surface area contributed by atoms with Crippen LogP contribution in [0.15, 0.2) is 77.0 Å². The summed E-state index contributed by atoms with van der Waals surface area (Å²) in [7, 11) is 0. The summed E-state index contributed by atoms with van der Waals surface area (Å²) in [6.45, 7) is 17.7. The van der Waals surface area contributed by atoms with Crippen LogP contribution in [0.3, 0.4) is 0 Å². The van der Waals surface area contributed by atoms with E-state index >= 15 is 0 Å². The number of carbonyl (C=O) groups excluding carboxylic acids is 2. The summed E-state index contributed by atoms with van der Waals surface area (Å²) < 4.78 is 29.2. The standard InChI is InChI=1S/C19H25N5O3.C15H17N5O2.C4H8O.ClHN4/c1-6-26-13(2)24-10-14(9-22-24)16-15-7-8-23(17(15)21-11-20-16)12-27-18(25)19(3,4)5;1-15(2,3)14(21)22-9-20-5-4-11-12(10-6-18-19-7-10)16-8-17-13(11)20;1-2-4-5-3-1;1-3-5-4-2/h7-11,13H,6,12H2,1-5H3;4-8H,9H2,1-3H3,(H,18,19);1-4H2;2H. The van der Waals surface area contributed by atoms with Gasteiger partial charge in [0.15, 0.2) is 13.5 Å². The lowest BCUT2D eigenvalue weighted by Crippen LogP contribution is -2.23. The van der Waals surface area contributed by atoms with Crippen molar-refractivity contribution in [2.75, 3.05) is 19.8 Å². The quantitative estimate of drug-likeness (QED) is 0.0756. The molecule has 0 saturated carbocycles. The van der Waals surface area contributed by atoms with Crippen molar-refractivity contribution in [1.29, 1.82) is 5.53 Å². The second-order valence-corrected chi connectivity index (χ2v) is 15.1. The van der Waals surface area contributed by atoms with E-state index in [0.717, 1.165) is 46.5 Å². The van der Waals surface area contributed by atoms with Crippen LogP contribution in [0.1, 0.15) is 74.5 Å². The zero-order chi connectivity index (χ0) is 43.0. The first-order valence-corrected chi connectivity index (χ1v) is 19.1. The van der Waals surface area contributed by atoms with Crippen molar-refractivity contribution in [3.05, 3.63) is 62.0 Å². The van der Waals surface area contributed by atoms with Gasteiger partial charge in [0.2, 0.25) is 0 Å². The summed E-state index contributed by atoms with van der Waals surface area (Å²) in [4.78, 5) is 41.2. The average molecular weight is 835 g/mol. The van der Waals surface area contributed by atoms with Gasteiger partial charge in [-0.3, -0.25) is 23.8 Å². The molecule has 7 rings (SSSR count). The summed E-state index contributed by atoms with van der Waals surface area (Å²) >= 11 is 4.55. The van der Waals surface area contributed by atoms with E-state index in [4.69, 9.17) is 24.5 Å². The monoisotopic (exact) mass is 834 g/mol. The van der Waals surface area contributed by atoms with Crippen molar-refractivity contribution in [2.24, 2.45) is 25.9 Å². The highest BCUT2D eigenvalue weighted by molar-refractivity contribution is 6.13. The molecule has 1 fully saturated rings. The molecule has 0 radical (unpaired) electrons. The molecule has 1 saturated heterocycles. The fourth-order valence-corrected chi connectivity index (χ4v) is 5.28. The highest BCUT2D eigenvalue weighted by atomic mass is 35.5. The largest absolute Gasteiger partial charge is 0.443 e. The van der Waals surface area contributed by atoms with E-state index in [1.807, 2.05) is 86.1 Å². The minimum absolute atomic E-state index is 0.108. The summed E-state index contributed by atoms with van der Waals surface area (Å²) in [5.41, 5.74) is 9.55. The van der Waals surface area contributed by atoms with Gasteiger partial charge in [-0.15, -0.1) is 0 Å². The minimum Gasteiger partial charge on any atom is -0.443 e. The number of fused-ring (bicyclic) bond motifs is 2. The summed E-state index contributed by atoms with van der Waals surface area (Å²) in [6, 6.07) is 3.82. The molecule has 1 aliphatic rings. The van der Waals surface area contributed by atoms with E-state index in [0.29, 0.717) is 17.9 Å². The molecule has 59 heavy (non-hydrogen) atoms. The van der Waals surface area contributed by atoms with Gasteiger partial charge < -0.3 is 18.9 Å². The number of hydrogen-bond acceptors (Lipinski definition) is 14. The predicted molar refractivity (Wildman–Crippen MR) is 217 cm³/mol. The van der Waals surface area contributed by atoms with E-state index in [9.17, 15) is 9.59 Å². The van der Waals surface area contributed by atoms with Gasteiger partial charge in [-0.1, -0.05) is 4.63 Å². The molecule has 2 N–H and O–H groups in total. The number of hydrogen-bond donors (Lipinski definition) is 2. The molecule has 0 amide bonds. The second kappa shape index (κ2) is 21.7. The molecule has 6 aromatic rings. The smallest absolute Gasteiger partial charge is 0.312 e. The lowest BCUT2D eigenvalue weighted by Gasteiger charge is -2.17. The Labute approximate surface area is 346 Å². The first-order chi connectivity index (χ1) is 28.2. The number of halogens is 1. The van der Waals surface area contributed by atoms with Crippen LogP contribution in [0.5, 0.6) is 0 Å². The van der Waals surface area contributed by atoms with E-state index in [-0.39, 0.29) is 31.6 Å². The normalized spacial score (nSPS) is 13.2. The highest BCUT2D eigenvalue weighted by Crippen LogP contribution is 2.28. The molecule has 1 unspecified atom stereocenters. The average Bonchev–Trinajstić information content (AvgIpc) is 4.07. The molecule has 0 aromatic carbocycles. The topological polar surface area (TPSA) is 240 Å². The maximum absolute atomic E-state index is 12.0. The second-order valence-electron chi connectivity index (χ2n) is 14.9. The zero-order valence-corrected chi connectivity index (χ0v) is 35.3. The van der Waals surface area contributed by atoms with Gasteiger partial charge >= 0.3 is 11.9 Å². The Bertz CT molecular complexity index is 2260. The number of nitrogens with zero attached hydrogens (tertiary/aromatic N) is 12. The van der Waals surface area contributed by atoms with Crippen LogP contribution >= 0.6 is 11.8 Å². The number of aromatic nitrogens is 10. The third kappa shape index (κ3) is 13.0. The SMILES string of the molecule is C1CCOC1.CC(C)(C)C(=O)OCn1ccc2c(-c3cn[nH]c3)ncnc21.CCOC(C)n1cc(-c2ncnc3c2ccn3COC(=O)C(C)(C)C)cn1.N=NN=NCl. The fourth-order valence-electron chi connectivity index (χ4n) is 5.25. The molecule has 20 nitrogen and oxygen atoms in total. The fraction of sp³-hybridized carbons (Fsp3) is 0.474. The number of esters is 2. The molecule has 6 aromatic heterocycles. The third-order valence-electron chi connectivity index (χ3n) is 8.34. The highest BCUT2D eigenvalue weighted by Gasteiger charge is 2.24. The van der Waals surface area contributed by atoms with Crippen molar-refractivity contribution in [3.63, 3.8) is 0 Å². The maximum atomic E-state index is 12.0. The number of aromatic amines is 1. The van der Waals surface area contributed by atoms with Gasteiger partial charge in [-0.25, -0.2) is 24.6 Å². The number of ether oxygens (including phenoxy) is 4. The molecule has 316 valence electrons. The van der Waals surface area contributed by atoms with E-state index in [1.165, 1.54) is 25.5 Å². The van der Waals surface area contributed by atoms with Crippen LogP contribution in [-0.4, -0.2) is 80.8 Å². The number of H-pyrrole nitrogens is 1. The Hall–Kier alpha value is -5.99. The molecular formula is C38H51ClN14O6. The lowest BCUT2D eigenvalue weighted by atomic mass is 9.97. The Morgan fingerprint density at radius 3 is 1.83 bits per heavy atom. The molecular weight excluding hydrogens is 784 g/mol. The van der Waals surface area contributed by atoms with Gasteiger partial charge in [-0.2, -0.15) is 15.7 Å². The summed E-state index contributed by atoms with van der Waals surface area (Å²) in [5, 5.41) is 17.9. The Kier molecular flexibility index (Phi) is 16.8. The van der Waals surface area contributed by atoms with E-state index in [2.05, 4.69) is 62.1 Å². The molecule has 0 spiro atoms. The number of carbonyl (C=O) groups is 2. The Morgan fingerprint density at radius 1 is 0.881 bits per heavy atom. The van der Waals surface area contributed by atoms with Crippen LogP contribution in [-0.2, 0) is 42.0 Å². The zero-order valence-electron chi connectivity index (χ0n) is 34.5. The first-order valence-electron chi connectivity index (χ1n) is 18.7. The lowest BCUT2D eigenvalue weighted by molar-refractivity contribution is -0.157. The van der Waals surface area contributed by atoms with Crippen molar-refractivity contribution in [3.8, 4) is 22.5 Å². The molecule has 0 bridgehead atoms. The van der Waals surface area contributed by atoms with Crippen molar-refractivity contribution in [2.45, 2.75) is 87.9 Å². The Morgan fingerprint density at radius 2 is 1.42 bits per heavy atom. The van der Waals surface area contributed by atoms with Crippen molar-refractivity contribution in [1.82, 2.24) is 49.0 Å². The van der Waals surface area contributed by atoms with Crippen LogP contribution in [0, 0.1) is 16.4 Å². The van der Waals surface area contributed by atoms with Gasteiger partial charge in [0, 0.05) is 66.5 Å². The van der Waals surface area contributed by atoms with Gasteiger partial charge in [0.05, 0.1) is 46.4 Å². The maximum Gasteiger partial charge on any atom is 0.312 e. The van der Waals surface area contributed by atoms with Crippen molar-refractivity contribution < 1.29 is 28.5 Å². The summed E-state index contributed by atoms with van der Waals surface area (Å²) in [6.07, 6.45) is 16.2. The van der Waals surface area contributed by atoms with E-state index < -0.39 is 10.8 Å². The molecule has 1 aliphatic heterocycles. The molecule has 0 aliphatic carbocycles. The van der Waals surface area contributed by atoms with E-state index in [1.54, 1.807) is 32.4 Å².